The van der Waals surface area contributed by atoms with Gasteiger partial charge in [-0.3, -0.25) is 4.79 Å². The Hall–Kier alpha value is -2.31. The molecule has 5 nitrogen and oxygen atoms in total. The number of aromatic nitrogens is 1. The van der Waals surface area contributed by atoms with Gasteiger partial charge in [0.2, 0.25) is 0 Å². The summed E-state index contributed by atoms with van der Waals surface area (Å²) >= 11 is 8.09. The van der Waals surface area contributed by atoms with Gasteiger partial charge in [-0.2, -0.15) is 0 Å². The van der Waals surface area contributed by atoms with Gasteiger partial charge in [0.05, 0.1) is 34.0 Å². The molecular formula is C22H23ClN2O3S. The van der Waals surface area contributed by atoms with Crippen molar-refractivity contribution in [1.82, 2.24) is 9.88 Å². The minimum Gasteiger partial charge on any atom is -0.493 e. The fourth-order valence-corrected chi connectivity index (χ4v) is 5.11. The lowest BCUT2D eigenvalue weighted by Crippen LogP contribution is -2.37. The largest absolute Gasteiger partial charge is 0.493 e. The number of para-hydroxylation sites is 1. The van der Waals surface area contributed by atoms with E-state index in [0.29, 0.717) is 47.7 Å². The molecule has 0 spiro atoms. The number of carbonyl (C=O) groups excluding carboxylic acids is 1. The minimum atomic E-state index is -0.0315. The maximum absolute atomic E-state index is 13.0. The lowest BCUT2D eigenvalue weighted by atomic mass is 9.97. The second kappa shape index (κ2) is 8.59. The van der Waals surface area contributed by atoms with Crippen LogP contribution in [-0.4, -0.2) is 42.6 Å². The molecule has 1 fully saturated rings. The highest BCUT2D eigenvalue weighted by molar-refractivity contribution is 7.18. The van der Waals surface area contributed by atoms with Crippen LogP contribution in [-0.2, 0) is 0 Å². The normalized spacial score (nSPS) is 14.9. The number of hydrogen-bond acceptors (Lipinski definition) is 5. The number of methoxy groups -OCH3 is 1. The molecule has 2 aromatic carbocycles. The second-order valence-electron chi connectivity index (χ2n) is 7.01. The van der Waals surface area contributed by atoms with Crippen LogP contribution in [0.5, 0.6) is 11.5 Å². The maximum atomic E-state index is 13.0. The second-order valence-corrected chi connectivity index (χ2v) is 8.48. The average molecular weight is 431 g/mol. The number of ether oxygens (including phenoxy) is 2. The highest BCUT2D eigenvalue weighted by Gasteiger charge is 2.27. The van der Waals surface area contributed by atoms with E-state index in [4.69, 9.17) is 26.1 Å². The topological polar surface area (TPSA) is 51.7 Å². The van der Waals surface area contributed by atoms with E-state index in [1.165, 1.54) is 9.71 Å². The predicted molar refractivity (Wildman–Crippen MR) is 117 cm³/mol. The quantitative estimate of drug-likeness (QED) is 0.545. The Balaban J connectivity index is 1.47. The Labute approximate surface area is 179 Å². The van der Waals surface area contributed by atoms with E-state index in [1.54, 1.807) is 30.6 Å². The van der Waals surface area contributed by atoms with Gasteiger partial charge in [-0.15, -0.1) is 11.3 Å². The Kier molecular flexibility index (Phi) is 5.92. The summed E-state index contributed by atoms with van der Waals surface area (Å²) in [6.07, 6.45) is 1.82. The number of thiazole rings is 1. The molecule has 0 N–H and O–H groups in total. The third-order valence-corrected chi connectivity index (χ3v) is 6.69. The van der Waals surface area contributed by atoms with Crippen molar-refractivity contribution in [3.8, 4) is 11.5 Å². The van der Waals surface area contributed by atoms with Crippen molar-refractivity contribution in [2.75, 3.05) is 26.8 Å². The van der Waals surface area contributed by atoms with Crippen molar-refractivity contribution in [2.24, 2.45) is 0 Å². The molecule has 0 unspecified atom stereocenters. The van der Waals surface area contributed by atoms with Crippen molar-refractivity contribution in [2.45, 2.75) is 25.7 Å². The van der Waals surface area contributed by atoms with Crippen molar-refractivity contribution >= 4 is 39.1 Å². The number of carbonyl (C=O) groups is 1. The van der Waals surface area contributed by atoms with E-state index >= 15 is 0 Å². The van der Waals surface area contributed by atoms with E-state index in [9.17, 15) is 4.79 Å². The number of hydrogen-bond donors (Lipinski definition) is 0. The Bertz CT molecular complexity index is 995. The summed E-state index contributed by atoms with van der Waals surface area (Å²) in [5, 5.41) is 1.56. The molecule has 0 atom stereocenters. The molecule has 29 heavy (non-hydrogen) atoms. The molecule has 1 aliphatic heterocycles. The number of halogens is 1. The van der Waals surface area contributed by atoms with Gasteiger partial charge in [0, 0.05) is 24.6 Å². The lowest BCUT2D eigenvalue weighted by Gasteiger charge is -2.31. The summed E-state index contributed by atoms with van der Waals surface area (Å²) < 4.78 is 12.1. The van der Waals surface area contributed by atoms with Crippen LogP contribution in [0, 0.1) is 0 Å². The molecule has 1 aliphatic rings. The van der Waals surface area contributed by atoms with Crippen LogP contribution in [0.1, 0.15) is 41.0 Å². The van der Waals surface area contributed by atoms with Crippen molar-refractivity contribution < 1.29 is 14.3 Å². The van der Waals surface area contributed by atoms with E-state index in [1.807, 2.05) is 24.0 Å². The molecule has 1 aromatic heterocycles. The summed E-state index contributed by atoms with van der Waals surface area (Å²) in [6, 6.07) is 11.6. The maximum Gasteiger partial charge on any atom is 0.254 e. The van der Waals surface area contributed by atoms with Crippen LogP contribution < -0.4 is 9.47 Å². The van der Waals surface area contributed by atoms with Crippen LogP contribution in [0.15, 0.2) is 36.4 Å². The molecule has 1 saturated heterocycles. The summed E-state index contributed by atoms with van der Waals surface area (Å²) in [4.78, 5) is 19.7. The molecule has 1 amide bonds. The predicted octanol–water partition coefficient (Wildman–Crippen LogP) is 5.38. The van der Waals surface area contributed by atoms with E-state index in [0.717, 1.165) is 18.4 Å². The van der Waals surface area contributed by atoms with Crippen LogP contribution in [0.25, 0.3) is 10.2 Å². The summed E-state index contributed by atoms with van der Waals surface area (Å²) in [5.41, 5.74) is 1.58. The van der Waals surface area contributed by atoms with Gasteiger partial charge in [0.25, 0.3) is 5.91 Å². The molecule has 2 heterocycles. The average Bonchev–Trinajstić information content (AvgIpc) is 3.19. The third-order valence-electron chi connectivity index (χ3n) is 5.21. The monoisotopic (exact) mass is 430 g/mol. The number of amides is 1. The molecule has 0 saturated carbocycles. The van der Waals surface area contributed by atoms with Gasteiger partial charge in [-0.1, -0.05) is 23.7 Å². The summed E-state index contributed by atoms with van der Waals surface area (Å²) in [7, 11) is 1.55. The van der Waals surface area contributed by atoms with Gasteiger partial charge < -0.3 is 14.4 Å². The molecule has 7 heteroatoms. The summed E-state index contributed by atoms with van der Waals surface area (Å²) in [6.45, 7) is 3.76. The minimum absolute atomic E-state index is 0.0315. The first-order valence-corrected chi connectivity index (χ1v) is 10.9. The van der Waals surface area contributed by atoms with E-state index < -0.39 is 0 Å². The first-order chi connectivity index (χ1) is 14.1. The fourth-order valence-electron chi connectivity index (χ4n) is 3.70. The molecule has 4 rings (SSSR count). The molecule has 0 bridgehead atoms. The lowest BCUT2D eigenvalue weighted by molar-refractivity contribution is 0.0712. The smallest absolute Gasteiger partial charge is 0.254 e. The zero-order valence-corrected chi connectivity index (χ0v) is 18.1. The third kappa shape index (κ3) is 4.05. The number of nitrogens with zero attached hydrogens (tertiary/aromatic N) is 2. The van der Waals surface area contributed by atoms with Gasteiger partial charge in [-0.25, -0.2) is 4.98 Å². The SMILES string of the molecule is CCOc1c(Cl)cc(C(=O)N2CCC(c3nc4ccccc4s3)CC2)cc1OC. The van der Waals surface area contributed by atoms with Crippen molar-refractivity contribution in [3.63, 3.8) is 0 Å². The van der Waals surface area contributed by atoms with E-state index in [2.05, 4.69) is 12.1 Å². The van der Waals surface area contributed by atoms with Gasteiger partial charge in [0.1, 0.15) is 0 Å². The van der Waals surface area contributed by atoms with Crippen LogP contribution in [0.4, 0.5) is 0 Å². The number of rotatable bonds is 5. The van der Waals surface area contributed by atoms with Crippen molar-refractivity contribution in [1.29, 1.82) is 0 Å². The Morgan fingerprint density at radius 3 is 2.72 bits per heavy atom. The first kappa shape index (κ1) is 20.0. The first-order valence-electron chi connectivity index (χ1n) is 9.75. The number of fused-ring (bicyclic) bond motifs is 1. The number of benzene rings is 2. The summed E-state index contributed by atoms with van der Waals surface area (Å²) in [5.74, 6) is 1.32. The van der Waals surface area contributed by atoms with E-state index in [-0.39, 0.29) is 5.91 Å². The standard InChI is InChI=1S/C22H23ClN2O3S/c1-3-28-20-16(23)12-15(13-18(20)27-2)22(26)25-10-8-14(9-11-25)21-24-17-6-4-5-7-19(17)29-21/h4-7,12-14H,3,8-11H2,1-2H3. The Morgan fingerprint density at radius 2 is 2.03 bits per heavy atom. The molecular weight excluding hydrogens is 408 g/mol. The number of piperidine rings is 1. The molecule has 0 aliphatic carbocycles. The highest BCUT2D eigenvalue weighted by atomic mass is 35.5. The molecule has 3 aromatic rings. The highest BCUT2D eigenvalue weighted by Crippen LogP contribution is 2.38. The van der Waals surface area contributed by atoms with Crippen molar-refractivity contribution in [3.05, 3.63) is 52.0 Å². The van der Waals surface area contributed by atoms with Crippen LogP contribution in [0.2, 0.25) is 5.02 Å². The number of likely N-dealkylation sites (tertiary alicyclic amines) is 1. The van der Waals surface area contributed by atoms with Crippen LogP contribution >= 0.6 is 22.9 Å². The fraction of sp³-hybridized carbons (Fsp3) is 0.364. The van der Waals surface area contributed by atoms with Gasteiger partial charge >= 0.3 is 0 Å². The molecule has 152 valence electrons. The van der Waals surface area contributed by atoms with Gasteiger partial charge in [-0.05, 0) is 44.0 Å². The molecule has 0 radical (unpaired) electrons. The van der Waals surface area contributed by atoms with Gasteiger partial charge in [0.15, 0.2) is 11.5 Å². The Morgan fingerprint density at radius 1 is 1.28 bits per heavy atom. The zero-order chi connectivity index (χ0) is 20.4. The van der Waals surface area contributed by atoms with Crippen LogP contribution in [0.3, 0.4) is 0 Å². The zero-order valence-electron chi connectivity index (χ0n) is 16.5.